The van der Waals surface area contributed by atoms with Gasteiger partial charge in [0, 0.05) is 5.69 Å². The summed E-state index contributed by atoms with van der Waals surface area (Å²) in [4.78, 5) is 38.2. The van der Waals surface area contributed by atoms with E-state index in [9.17, 15) is 27.6 Å². The predicted molar refractivity (Wildman–Crippen MR) is 108 cm³/mol. The highest BCUT2D eigenvalue weighted by Gasteiger charge is 2.68. The molecule has 0 saturated carbocycles. The molecule has 31 heavy (non-hydrogen) atoms. The van der Waals surface area contributed by atoms with Gasteiger partial charge in [-0.25, -0.2) is 4.79 Å². The highest BCUT2D eigenvalue weighted by molar-refractivity contribution is 6.11. The van der Waals surface area contributed by atoms with E-state index in [1.807, 2.05) is 32.0 Å². The number of para-hydroxylation sites is 1. The fraction of sp³-hybridized carbons (Fsp3) is 0.318. The molecule has 3 rings (SSSR count). The van der Waals surface area contributed by atoms with Crippen molar-refractivity contribution in [1.82, 2.24) is 10.2 Å². The summed E-state index contributed by atoms with van der Waals surface area (Å²) in [6, 6.07) is 10.6. The van der Waals surface area contributed by atoms with Crippen molar-refractivity contribution in [3.8, 4) is 0 Å². The molecule has 1 saturated heterocycles. The fourth-order valence-electron chi connectivity index (χ4n) is 3.68. The highest BCUT2D eigenvalue weighted by Crippen LogP contribution is 2.43. The van der Waals surface area contributed by atoms with Crippen LogP contribution in [0.4, 0.5) is 23.7 Å². The van der Waals surface area contributed by atoms with Crippen molar-refractivity contribution >= 4 is 23.5 Å². The molecular weight excluding hydrogens is 411 g/mol. The molecular formula is C22H22F3N3O3. The second kappa shape index (κ2) is 8.41. The van der Waals surface area contributed by atoms with Crippen LogP contribution in [0.1, 0.15) is 30.5 Å². The maximum atomic E-state index is 14.0. The molecule has 1 aliphatic heterocycles. The van der Waals surface area contributed by atoms with E-state index < -0.39 is 41.7 Å². The molecule has 0 aromatic heterocycles. The number of imide groups is 1. The van der Waals surface area contributed by atoms with E-state index in [-0.39, 0.29) is 0 Å². The number of carbonyl (C=O) groups is 3. The summed E-state index contributed by atoms with van der Waals surface area (Å²) in [5, 5.41) is 4.43. The minimum Gasteiger partial charge on any atom is -0.324 e. The number of anilines is 1. The number of nitrogens with one attached hydrogen (secondary N) is 2. The molecule has 0 aliphatic carbocycles. The summed E-state index contributed by atoms with van der Waals surface area (Å²) in [5.41, 5.74) is -1.41. The summed E-state index contributed by atoms with van der Waals surface area (Å²) < 4.78 is 42.1. The Hall–Kier alpha value is -3.36. The van der Waals surface area contributed by atoms with E-state index in [1.54, 1.807) is 5.32 Å². The number of halogens is 3. The molecule has 1 fully saturated rings. The van der Waals surface area contributed by atoms with E-state index in [1.165, 1.54) is 18.2 Å². The molecule has 2 N–H and O–H groups in total. The Bertz CT molecular complexity index is 986. The smallest absolute Gasteiger partial charge is 0.324 e. The minimum atomic E-state index is -5.10. The molecule has 164 valence electrons. The van der Waals surface area contributed by atoms with Gasteiger partial charge < -0.3 is 10.6 Å². The highest BCUT2D eigenvalue weighted by atomic mass is 19.4. The number of aryl methyl sites for hydroxylation is 2. The van der Waals surface area contributed by atoms with E-state index in [4.69, 9.17) is 0 Å². The van der Waals surface area contributed by atoms with E-state index in [2.05, 4.69) is 5.32 Å². The Labute approximate surface area is 177 Å². The van der Waals surface area contributed by atoms with Crippen molar-refractivity contribution in [2.75, 3.05) is 11.9 Å². The summed E-state index contributed by atoms with van der Waals surface area (Å²) in [6.45, 7) is 2.97. The van der Waals surface area contributed by atoms with Crippen molar-refractivity contribution in [1.29, 1.82) is 0 Å². The monoisotopic (exact) mass is 433 g/mol. The topological polar surface area (TPSA) is 78.5 Å². The van der Waals surface area contributed by atoms with Crippen molar-refractivity contribution < 1.29 is 27.6 Å². The number of alkyl halides is 3. The van der Waals surface area contributed by atoms with Gasteiger partial charge in [0.2, 0.25) is 11.4 Å². The lowest BCUT2D eigenvalue weighted by Gasteiger charge is -2.29. The van der Waals surface area contributed by atoms with E-state index >= 15 is 0 Å². The van der Waals surface area contributed by atoms with Gasteiger partial charge in [0.25, 0.3) is 5.91 Å². The number of nitrogens with zero attached hydrogens (tertiary/aromatic N) is 1. The number of urea groups is 1. The molecule has 6 nitrogen and oxygen atoms in total. The lowest BCUT2D eigenvalue weighted by atomic mass is 9.89. The van der Waals surface area contributed by atoms with Crippen LogP contribution >= 0.6 is 0 Å². The minimum absolute atomic E-state index is 0.302. The molecule has 1 aliphatic rings. The summed E-state index contributed by atoms with van der Waals surface area (Å²) >= 11 is 0. The fourth-order valence-corrected chi connectivity index (χ4v) is 3.68. The summed E-state index contributed by atoms with van der Waals surface area (Å²) in [7, 11) is 0. The first-order valence-corrected chi connectivity index (χ1v) is 9.82. The van der Waals surface area contributed by atoms with Gasteiger partial charge in [0.05, 0.1) is 0 Å². The van der Waals surface area contributed by atoms with Gasteiger partial charge in [-0.05, 0) is 29.5 Å². The maximum Gasteiger partial charge on any atom is 0.425 e. The Kier molecular flexibility index (Phi) is 6.06. The van der Waals surface area contributed by atoms with Crippen molar-refractivity contribution in [3.05, 3.63) is 65.2 Å². The zero-order chi connectivity index (χ0) is 22.8. The van der Waals surface area contributed by atoms with Crippen LogP contribution in [0, 0.1) is 0 Å². The average Bonchev–Trinajstić information content (AvgIpc) is 3.00. The van der Waals surface area contributed by atoms with Gasteiger partial charge in [-0.3, -0.25) is 14.5 Å². The first kappa shape index (κ1) is 22.3. The number of rotatable bonds is 6. The molecule has 1 atom stereocenters. The standard InChI is InChI=1S/C22H22F3N3O3/c1-3-14-9-8-10-15(4-2)18(14)26-17(29)13-28-19(30)21(22(23,24)25,27-20(28)31)16-11-6-5-7-12-16/h5-12H,3-4,13H2,1-2H3,(H,26,29)(H,27,31)/t21-/m1/s1. The molecule has 0 radical (unpaired) electrons. The summed E-state index contributed by atoms with van der Waals surface area (Å²) in [5.74, 6) is -2.30. The number of carbonyl (C=O) groups excluding carboxylic acids is 3. The molecule has 4 amide bonds. The van der Waals surface area contributed by atoms with Crippen molar-refractivity contribution in [2.24, 2.45) is 0 Å². The summed E-state index contributed by atoms with van der Waals surface area (Å²) in [6.07, 6.45) is -3.86. The third-order valence-electron chi connectivity index (χ3n) is 5.30. The molecule has 1 heterocycles. The molecule has 2 aromatic carbocycles. The third kappa shape index (κ3) is 3.87. The van der Waals surface area contributed by atoms with Crippen LogP contribution < -0.4 is 10.6 Å². The second-order valence-electron chi connectivity index (χ2n) is 7.14. The Morgan fingerprint density at radius 2 is 1.58 bits per heavy atom. The first-order chi connectivity index (χ1) is 14.7. The molecule has 0 bridgehead atoms. The quantitative estimate of drug-likeness (QED) is 0.681. The van der Waals surface area contributed by atoms with Crippen molar-refractivity contribution in [3.63, 3.8) is 0 Å². The van der Waals surface area contributed by atoms with Crippen LogP contribution in [0.3, 0.4) is 0 Å². The normalized spacial score (nSPS) is 18.8. The van der Waals surface area contributed by atoms with Crippen LogP contribution in [0.15, 0.2) is 48.5 Å². The lowest BCUT2D eigenvalue weighted by molar-refractivity contribution is -0.198. The SMILES string of the molecule is CCc1cccc(CC)c1NC(=O)CN1C(=O)N[C@@](c2ccccc2)(C(F)(F)F)C1=O. The van der Waals surface area contributed by atoms with Crippen LogP contribution in [0.25, 0.3) is 0 Å². The zero-order valence-electron chi connectivity index (χ0n) is 17.0. The second-order valence-corrected chi connectivity index (χ2v) is 7.14. The van der Waals surface area contributed by atoms with Gasteiger partial charge in [-0.2, -0.15) is 13.2 Å². The first-order valence-electron chi connectivity index (χ1n) is 9.82. The van der Waals surface area contributed by atoms with Gasteiger partial charge in [-0.1, -0.05) is 62.4 Å². The lowest BCUT2D eigenvalue weighted by Crippen LogP contribution is -2.56. The van der Waals surface area contributed by atoms with Gasteiger partial charge in [0.1, 0.15) is 6.54 Å². The predicted octanol–water partition coefficient (Wildman–Crippen LogP) is 3.76. The number of hydrogen-bond donors (Lipinski definition) is 2. The number of amides is 4. The van der Waals surface area contributed by atoms with Gasteiger partial charge >= 0.3 is 12.2 Å². The Balaban J connectivity index is 1.89. The van der Waals surface area contributed by atoms with Crippen LogP contribution in [-0.4, -0.2) is 35.5 Å². The zero-order valence-corrected chi connectivity index (χ0v) is 17.0. The van der Waals surface area contributed by atoms with E-state index in [0.29, 0.717) is 23.4 Å². The van der Waals surface area contributed by atoms with Gasteiger partial charge in [-0.15, -0.1) is 0 Å². The molecule has 0 spiro atoms. The average molecular weight is 433 g/mol. The van der Waals surface area contributed by atoms with Crippen LogP contribution in [0.5, 0.6) is 0 Å². The molecule has 9 heteroatoms. The Morgan fingerprint density at radius 3 is 2.10 bits per heavy atom. The van der Waals surface area contributed by atoms with Gasteiger partial charge in [0.15, 0.2) is 0 Å². The third-order valence-corrected chi connectivity index (χ3v) is 5.30. The number of hydrogen-bond acceptors (Lipinski definition) is 3. The van der Waals surface area contributed by atoms with Crippen LogP contribution in [0.2, 0.25) is 0 Å². The van der Waals surface area contributed by atoms with E-state index in [0.717, 1.165) is 23.3 Å². The number of benzene rings is 2. The van der Waals surface area contributed by atoms with Crippen LogP contribution in [-0.2, 0) is 28.0 Å². The molecule has 0 unspecified atom stereocenters. The Morgan fingerprint density at radius 1 is 1.00 bits per heavy atom. The maximum absolute atomic E-state index is 14.0. The largest absolute Gasteiger partial charge is 0.425 e. The molecule has 2 aromatic rings. The van der Waals surface area contributed by atoms with Crippen molar-refractivity contribution in [2.45, 2.75) is 38.4 Å².